The highest BCUT2D eigenvalue weighted by molar-refractivity contribution is 7.90. The van der Waals surface area contributed by atoms with E-state index in [2.05, 4.69) is 20.8 Å². The van der Waals surface area contributed by atoms with Crippen molar-refractivity contribution in [2.24, 2.45) is 0 Å². The number of aryl methyl sites for hydroxylation is 1. The van der Waals surface area contributed by atoms with Crippen LogP contribution in [-0.4, -0.2) is 42.6 Å². The summed E-state index contributed by atoms with van der Waals surface area (Å²) in [6.45, 7) is 0. The summed E-state index contributed by atoms with van der Waals surface area (Å²) in [6.07, 6.45) is 4.30. The first-order valence-corrected chi connectivity index (χ1v) is 9.80. The van der Waals surface area contributed by atoms with Crippen LogP contribution < -0.4 is 10.6 Å². The van der Waals surface area contributed by atoms with E-state index in [-0.39, 0.29) is 11.7 Å². The van der Waals surface area contributed by atoms with Crippen molar-refractivity contribution in [3.63, 3.8) is 0 Å². The van der Waals surface area contributed by atoms with E-state index in [0.29, 0.717) is 6.42 Å². The summed E-state index contributed by atoms with van der Waals surface area (Å²) in [6, 6.07) is 8.15. The molecule has 0 saturated heterocycles. The second kappa shape index (κ2) is 6.64. The van der Waals surface area contributed by atoms with E-state index in [1.165, 1.54) is 6.26 Å². The summed E-state index contributed by atoms with van der Waals surface area (Å²) in [5, 5.41) is 12.8. The van der Waals surface area contributed by atoms with Gasteiger partial charge in [-0.2, -0.15) is 5.10 Å². The fourth-order valence-electron chi connectivity index (χ4n) is 2.85. The summed E-state index contributed by atoms with van der Waals surface area (Å²) in [5.41, 5.74) is 1.82. The Hall–Kier alpha value is -2.35. The van der Waals surface area contributed by atoms with Gasteiger partial charge in [-0.1, -0.05) is 30.3 Å². The number of amides is 1. The number of nitrogens with one attached hydrogen (secondary N) is 3. The van der Waals surface area contributed by atoms with E-state index >= 15 is 0 Å². The zero-order valence-electron chi connectivity index (χ0n) is 13.3. The largest absolute Gasteiger partial charge is 0.359 e. The number of aromatic amines is 1. The van der Waals surface area contributed by atoms with Gasteiger partial charge in [-0.15, -0.1) is 0 Å². The van der Waals surface area contributed by atoms with Gasteiger partial charge < -0.3 is 10.6 Å². The standard InChI is InChI=1S/C16H20N4O3S/c1-24(22,23)10-14(11-5-3-2-4-6-11)19-16(21)13-8-7-12-9-17-20-15(12)18-13/h2-6,9,13-14H,7-8,10H2,1H3,(H,19,21)(H2,17,18,20). The number of benzene rings is 1. The molecule has 0 saturated carbocycles. The van der Waals surface area contributed by atoms with Gasteiger partial charge in [0.25, 0.3) is 0 Å². The number of nitrogens with zero attached hydrogens (tertiary/aromatic N) is 1. The van der Waals surface area contributed by atoms with Crippen LogP contribution in [-0.2, 0) is 21.1 Å². The van der Waals surface area contributed by atoms with Crippen LogP contribution in [0.4, 0.5) is 5.82 Å². The molecule has 2 heterocycles. The Morgan fingerprint density at radius 2 is 2.12 bits per heavy atom. The van der Waals surface area contributed by atoms with Crippen molar-refractivity contribution in [3.8, 4) is 0 Å². The van der Waals surface area contributed by atoms with E-state index in [0.717, 1.165) is 23.4 Å². The second-order valence-corrected chi connectivity index (χ2v) is 8.25. The minimum absolute atomic E-state index is 0.134. The zero-order valence-corrected chi connectivity index (χ0v) is 14.1. The highest BCUT2D eigenvalue weighted by atomic mass is 32.2. The molecule has 1 aromatic carbocycles. The van der Waals surface area contributed by atoms with E-state index in [9.17, 15) is 13.2 Å². The van der Waals surface area contributed by atoms with E-state index < -0.39 is 21.9 Å². The maximum Gasteiger partial charge on any atom is 0.243 e. The number of anilines is 1. The first-order valence-electron chi connectivity index (χ1n) is 7.74. The Morgan fingerprint density at radius 1 is 1.38 bits per heavy atom. The number of carbonyl (C=O) groups is 1. The SMILES string of the molecule is CS(=O)(=O)CC(NC(=O)C1CCc2cn[nH]c2N1)c1ccccc1. The van der Waals surface area contributed by atoms with Gasteiger partial charge in [0, 0.05) is 11.8 Å². The van der Waals surface area contributed by atoms with Gasteiger partial charge in [0.1, 0.15) is 21.7 Å². The molecule has 2 aromatic rings. The van der Waals surface area contributed by atoms with Crippen molar-refractivity contribution < 1.29 is 13.2 Å². The predicted molar refractivity (Wildman–Crippen MR) is 91.4 cm³/mol. The Morgan fingerprint density at radius 3 is 2.83 bits per heavy atom. The highest BCUT2D eigenvalue weighted by Crippen LogP contribution is 2.23. The molecule has 7 nitrogen and oxygen atoms in total. The molecule has 2 atom stereocenters. The molecule has 8 heteroatoms. The molecule has 0 spiro atoms. The molecule has 1 aliphatic rings. The molecular weight excluding hydrogens is 328 g/mol. The molecule has 128 valence electrons. The molecule has 1 aromatic heterocycles. The molecule has 0 bridgehead atoms. The smallest absolute Gasteiger partial charge is 0.243 e. The Kier molecular flexibility index (Phi) is 4.57. The topological polar surface area (TPSA) is 104 Å². The summed E-state index contributed by atoms with van der Waals surface area (Å²) in [4.78, 5) is 12.6. The molecule has 3 N–H and O–H groups in total. The van der Waals surface area contributed by atoms with Gasteiger partial charge in [0.05, 0.1) is 18.0 Å². The summed E-state index contributed by atoms with van der Waals surface area (Å²) in [5.74, 6) is 0.402. The molecule has 1 aliphatic heterocycles. The first kappa shape index (κ1) is 16.5. The molecule has 2 unspecified atom stereocenters. The van der Waals surface area contributed by atoms with Crippen molar-refractivity contribution in [1.82, 2.24) is 15.5 Å². The lowest BCUT2D eigenvalue weighted by molar-refractivity contribution is -0.122. The molecule has 0 aliphatic carbocycles. The number of fused-ring (bicyclic) bond motifs is 1. The molecule has 0 fully saturated rings. The van der Waals surface area contributed by atoms with Crippen LogP contribution in [0.3, 0.4) is 0 Å². The van der Waals surface area contributed by atoms with Gasteiger partial charge in [0.15, 0.2) is 0 Å². The zero-order chi connectivity index (χ0) is 17.2. The second-order valence-electron chi connectivity index (χ2n) is 6.07. The van der Waals surface area contributed by atoms with E-state index in [4.69, 9.17) is 0 Å². The monoisotopic (exact) mass is 348 g/mol. The van der Waals surface area contributed by atoms with Crippen molar-refractivity contribution in [2.75, 3.05) is 17.3 Å². The number of carbonyl (C=O) groups excluding carboxylic acids is 1. The predicted octanol–water partition coefficient (Wildman–Crippen LogP) is 1.04. The third kappa shape index (κ3) is 3.94. The molecular formula is C16H20N4O3S. The lowest BCUT2D eigenvalue weighted by Gasteiger charge is -2.26. The summed E-state index contributed by atoms with van der Waals surface area (Å²) < 4.78 is 23.4. The van der Waals surface area contributed by atoms with Gasteiger partial charge in [-0.3, -0.25) is 9.89 Å². The molecule has 24 heavy (non-hydrogen) atoms. The van der Waals surface area contributed by atoms with E-state index in [1.807, 2.05) is 30.3 Å². The van der Waals surface area contributed by atoms with Gasteiger partial charge in [-0.25, -0.2) is 8.42 Å². The Balaban J connectivity index is 1.74. The number of hydrogen-bond donors (Lipinski definition) is 3. The van der Waals surface area contributed by atoms with E-state index in [1.54, 1.807) is 6.20 Å². The van der Waals surface area contributed by atoms with Crippen molar-refractivity contribution in [3.05, 3.63) is 47.7 Å². The number of sulfone groups is 1. The fraction of sp³-hybridized carbons (Fsp3) is 0.375. The van der Waals surface area contributed by atoms with Crippen molar-refractivity contribution in [2.45, 2.75) is 24.9 Å². The molecule has 1 amide bonds. The van der Waals surface area contributed by atoms with Gasteiger partial charge in [-0.05, 0) is 18.4 Å². The molecule has 0 radical (unpaired) electrons. The summed E-state index contributed by atoms with van der Waals surface area (Å²) >= 11 is 0. The Labute approximate surface area is 140 Å². The average Bonchev–Trinajstić information content (AvgIpc) is 3.01. The van der Waals surface area contributed by atoms with Crippen LogP contribution in [0.25, 0.3) is 0 Å². The number of aromatic nitrogens is 2. The lowest BCUT2D eigenvalue weighted by Crippen LogP contribution is -2.44. The van der Waals surface area contributed by atoms with Gasteiger partial charge in [0.2, 0.25) is 5.91 Å². The third-order valence-corrected chi connectivity index (χ3v) is 4.98. The van der Waals surface area contributed by atoms with Crippen LogP contribution in [0.5, 0.6) is 0 Å². The van der Waals surface area contributed by atoms with Crippen LogP contribution in [0.1, 0.15) is 23.6 Å². The third-order valence-electron chi connectivity index (χ3n) is 4.04. The highest BCUT2D eigenvalue weighted by Gasteiger charge is 2.28. The summed E-state index contributed by atoms with van der Waals surface area (Å²) in [7, 11) is -3.24. The Bertz CT molecular complexity index is 817. The van der Waals surface area contributed by atoms with Gasteiger partial charge >= 0.3 is 0 Å². The number of hydrogen-bond acceptors (Lipinski definition) is 5. The first-order chi connectivity index (χ1) is 11.4. The van der Waals surface area contributed by atoms with Crippen LogP contribution in [0, 0.1) is 0 Å². The maximum atomic E-state index is 12.6. The van der Waals surface area contributed by atoms with Crippen molar-refractivity contribution >= 4 is 21.6 Å². The van der Waals surface area contributed by atoms with Crippen LogP contribution in [0.2, 0.25) is 0 Å². The lowest BCUT2D eigenvalue weighted by atomic mass is 10.0. The van der Waals surface area contributed by atoms with Crippen LogP contribution in [0.15, 0.2) is 36.5 Å². The minimum atomic E-state index is -3.24. The fourth-order valence-corrected chi connectivity index (χ4v) is 3.73. The minimum Gasteiger partial charge on any atom is -0.359 e. The quantitative estimate of drug-likeness (QED) is 0.749. The average molecular weight is 348 g/mol. The van der Waals surface area contributed by atoms with Crippen LogP contribution >= 0.6 is 0 Å². The normalized spacial score (nSPS) is 18.3. The number of H-pyrrole nitrogens is 1. The number of rotatable bonds is 5. The maximum absolute atomic E-state index is 12.6. The van der Waals surface area contributed by atoms with Crippen molar-refractivity contribution in [1.29, 1.82) is 0 Å². The molecule has 3 rings (SSSR count).